The number of methoxy groups -OCH3 is 3. The number of nitrogens with zero attached hydrogens (tertiary/aromatic N) is 1. The van der Waals surface area contributed by atoms with Gasteiger partial charge in [0, 0.05) is 18.2 Å². The molecule has 0 bridgehead atoms. The maximum Gasteiger partial charge on any atom is 0.320 e. The van der Waals surface area contributed by atoms with Crippen molar-refractivity contribution < 1.29 is 28.5 Å². The van der Waals surface area contributed by atoms with Gasteiger partial charge < -0.3 is 19.3 Å². The number of likely N-dealkylation sites (tertiary alicyclic amines) is 1. The highest BCUT2D eigenvalue weighted by Crippen LogP contribution is 2.43. The molecule has 6 nitrogen and oxygen atoms in total. The van der Waals surface area contributed by atoms with Crippen LogP contribution < -0.4 is 14.2 Å². The van der Waals surface area contributed by atoms with E-state index in [-0.39, 0.29) is 5.82 Å². The SMILES string of the molecule is COc1cc(OC)c(C(c2cccc(F)c2)N2CCCC2C(=O)O)cc1OC. The predicted molar refractivity (Wildman–Crippen MR) is 102 cm³/mol. The second-order valence-corrected chi connectivity index (χ2v) is 6.64. The van der Waals surface area contributed by atoms with E-state index in [0.29, 0.717) is 41.3 Å². The van der Waals surface area contributed by atoms with Crippen LogP contribution in [0.3, 0.4) is 0 Å². The number of benzene rings is 2. The minimum absolute atomic E-state index is 0.381. The molecule has 0 aromatic heterocycles. The first-order valence-electron chi connectivity index (χ1n) is 9.04. The second-order valence-electron chi connectivity index (χ2n) is 6.64. The number of carboxylic acid groups (broad SMARTS) is 1. The normalized spacial score (nSPS) is 17.9. The summed E-state index contributed by atoms with van der Waals surface area (Å²) >= 11 is 0. The zero-order valence-corrected chi connectivity index (χ0v) is 16.1. The smallest absolute Gasteiger partial charge is 0.320 e. The Bertz CT molecular complexity index is 857. The maximum atomic E-state index is 14.0. The Morgan fingerprint density at radius 1 is 1.11 bits per heavy atom. The number of aliphatic carboxylic acids is 1. The monoisotopic (exact) mass is 389 g/mol. The van der Waals surface area contributed by atoms with Gasteiger partial charge in [-0.1, -0.05) is 12.1 Å². The van der Waals surface area contributed by atoms with Gasteiger partial charge in [-0.3, -0.25) is 9.69 Å². The van der Waals surface area contributed by atoms with Crippen molar-refractivity contribution in [3.05, 3.63) is 53.3 Å². The average molecular weight is 389 g/mol. The quantitative estimate of drug-likeness (QED) is 0.782. The third kappa shape index (κ3) is 3.75. The predicted octanol–water partition coefficient (Wildman–Crippen LogP) is 3.49. The van der Waals surface area contributed by atoms with E-state index in [0.717, 1.165) is 6.42 Å². The molecule has 2 unspecified atom stereocenters. The summed E-state index contributed by atoms with van der Waals surface area (Å²) in [7, 11) is 4.59. The van der Waals surface area contributed by atoms with Gasteiger partial charge in [0.25, 0.3) is 0 Å². The molecule has 1 N–H and O–H groups in total. The first kappa shape index (κ1) is 19.9. The van der Waals surface area contributed by atoms with Gasteiger partial charge in [-0.25, -0.2) is 4.39 Å². The van der Waals surface area contributed by atoms with E-state index in [1.165, 1.54) is 33.5 Å². The summed E-state index contributed by atoms with van der Waals surface area (Å²) in [5.41, 5.74) is 1.34. The zero-order valence-electron chi connectivity index (χ0n) is 16.1. The lowest BCUT2D eigenvalue weighted by Crippen LogP contribution is -2.39. The molecule has 1 saturated heterocycles. The van der Waals surface area contributed by atoms with Crippen molar-refractivity contribution in [1.82, 2.24) is 4.90 Å². The summed E-state index contributed by atoms with van der Waals surface area (Å²) in [4.78, 5) is 13.7. The third-order valence-electron chi connectivity index (χ3n) is 5.11. The summed E-state index contributed by atoms with van der Waals surface area (Å²) in [6, 6.07) is 8.51. The molecule has 2 aromatic rings. The molecule has 7 heteroatoms. The molecule has 3 rings (SSSR count). The maximum absolute atomic E-state index is 14.0. The molecule has 2 aromatic carbocycles. The second kappa shape index (κ2) is 8.48. The summed E-state index contributed by atoms with van der Waals surface area (Å²) in [6.45, 7) is 0.579. The van der Waals surface area contributed by atoms with Crippen LogP contribution in [0, 0.1) is 5.82 Å². The first-order valence-corrected chi connectivity index (χ1v) is 9.04. The van der Waals surface area contributed by atoms with Crippen LogP contribution in [0.1, 0.15) is 30.0 Å². The van der Waals surface area contributed by atoms with E-state index >= 15 is 0 Å². The van der Waals surface area contributed by atoms with Crippen LogP contribution in [0.4, 0.5) is 4.39 Å². The molecule has 150 valence electrons. The molecule has 1 aliphatic heterocycles. The van der Waals surface area contributed by atoms with Crippen molar-refractivity contribution in [1.29, 1.82) is 0 Å². The lowest BCUT2D eigenvalue weighted by atomic mass is 9.94. The lowest BCUT2D eigenvalue weighted by Gasteiger charge is -2.33. The molecular formula is C21H24FNO5. The Hall–Kier alpha value is -2.80. The number of ether oxygens (including phenoxy) is 3. The van der Waals surface area contributed by atoms with E-state index in [2.05, 4.69) is 0 Å². The Balaban J connectivity index is 2.21. The summed E-state index contributed by atoms with van der Waals surface area (Å²) in [5, 5.41) is 9.70. The molecule has 1 heterocycles. The lowest BCUT2D eigenvalue weighted by molar-refractivity contribution is -0.142. The minimum atomic E-state index is -0.890. The van der Waals surface area contributed by atoms with Crippen LogP contribution in [-0.2, 0) is 4.79 Å². The Morgan fingerprint density at radius 3 is 2.39 bits per heavy atom. The molecule has 0 saturated carbocycles. The number of carbonyl (C=O) groups is 1. The molecule has 2 atom stereocenters. The van der Waals surface area contributed by atoms with Crippen LogP contribution in [0.25, 0.3) is 0 Å². The fourth-order valence-electron chi connectivity index (χ4n) is 3.86. The van der Waals surface area contributed by atoms with E-state index in [1.54, 1.807) is 24.3 Å². The van der Waals surface area contributed by atoms with Crippen molar-refractivity contribution >= 4 is 5.97 Å². The molecule has 0 spiro atoms. The fraction of sp³-hybridized carbons (Fsp3) is 0.381. The van der Waals surface area contributed by atoms with Gasteiger partial charge in [0.05, 0.1) is 27.4 Å². The molecule has 0 amide bonds. The Morgan fingerprint density at radius 2 is 1.79 bits per heavy atom. The molecule has 0 aliphatic carbocycles. The largest absolute Gasteiger partial charge is 0.496 e. The highest BCUT2D eigenvalue weighted by molar-refractivity contribution is 5.74. The van der Waals surface area contributed by atoms with Gasteiger partial charge in [-0.05, 0) is 36.6 Å². The van der Waals surface area contributed by atoms with E-state index < -0.39 is 18.1 Å². The fourth-order valence-corrected chi connectivity index (χ4v) is 3.86. The van der Waals surface area contributed by atoms with Crippen molar-refractivity contribution in [2.45, 2.75) is 24.9 Å². The van der Waals surface area contributed by atoms with Crippen LogP contribution in [0.5, 0.6) is 17.2 Å². The molecular weight excluding hydrogens is 365 g/mol. The van der Waals surface area contributed by atoms with Crippen LogP contribution in [0.2, 0.25) is 0 Å². The third-order valence-corrected chi connectivity index (χ3v) is 5.11. The van der Waals surface area contributed by atoms with Gasteiger partial charge in [0.15, 0.2) is 11.5 Å². The van der Waals surface area contributed by atoms with Gasteiger partial charge in [-0.15, -0.1) is 0 Å². The summed E-state index contributed by atoms with van der Waals surface area (Å²) < 4.78 is 30.4. The molecule has 0 radical (unpaired) electrons. The van der Waals surface area contributed by atoms with Crippen LogP contribution >= 0.6 is 0 Å². The number of rotatable bonds is 7. The number of hydrogen-bond acceptors (Lipinski definition) is 5. The van der Waals surface area contributed by atoms with Crippen molar-refractivity contribution in [2.24, 2.45) is 0 Å². The standard InChI is InChI=1S/C21H24FNO5/c1-26-17-12-19(28-3)18(27-2)11-15(17)20(13-6-4-7-14(22)10-13)23-9-5-8-16(23)21(24)25/h4,6-7,10-12,16,20H,5,8-9H2,1-3H3,(H,24,25). The van der Waals surface area contributed by atoms with Crippen LogP contribution in [-0.4, -0.2) is 49.9 Å². The Labute approximate surface area is 163 Å². The van der Waals surface area contributed by atoms with Gasteiger partial charge in [0.1, 0.15) is 17.6 Å². The van der Waals surface area contributed by atoms with Gasteiger partial charge >= 0.3 is 5.97 Å². The topological polar surface area (TPSA) is 68.2 Å². The van der Waals surface area contributed by atoms with E-state index in [9.17, 15) is 14.3 Å². The van der Waals surface area contributed by atoms with Crippen molar-refractivity contribution in [3.63, 3.8) is 0 Å². The zero-order chi connectivity index (χ0) is 20.3. The highest BCUT2D eigenvalue weighted by atomic mass is 19.1. The van der Waals surface area contributed by atoms with Gasteiger partial charge in [-0.2, -0.15) is 0 Å². The van der Waals surface area contributed by atoms with E-state index in [4.69, 9.17) is 14.2 Å². The molecule has 1 fully saturated rings. The van der Waals surface area contributed by atoms with Crippen molar-refractivity contribution in [3.8, 4) is 17.2 Å². The molecule has 28 heavy (non-hydrogen) atoms. The average Bonchev–Trinajstić information content (AvgIpc) is 3.17. The molecule has 1 aliphatic rings. The number of carboxylic acids is 1. The number of hydrogen-bond donors (Lipinski definition) is 1. The first-order chi connectivity index (χ1) is 13.5. The highest BCUT2D eigenvalue weighted by Gasteiger charge is 2.38. The Kier molecular flexibility index (Phi) is 6.04. The summed E-state index contributed by atoms with van der Waals surface area (Å²) in [6.07, 6.45) is 1.29. The van der Waals surface area contributed by atoms with Crippen LogP contribution in [0.15, 0.2) is 36.4 Å². The summed E-state index contributed by atoms with van der Waals surface area (Å²) in [5.74, 6) is 0.234. The number of halogens is 1. The van der Waals surface area contributed by atoms with E-state index in [1.807, 2.05) is 4.90 Å². The minimum Gasteiger partial charge on any atom is -0.496 e. The van der Waals surface area contributed by atoms with Gasteiger partial charge in [0.2, 0.25) is 0 Å². The van der Waals surface area contributed by atoms with Crippen molar-refractivity contribution in [2.75, 3.05) is 27.9 Å².